The molecule has 0 bridgehead atoms. The van der Waals surface area contributed by atoms with Crippen LogP contribution in [-0.4, -0.2) is 11.8 Å². The third kappa shape index (κ3) is 3.52. The highest BCUT2D eigenvalue weighted by molar-refractivity contribution is 6.10. The van der Waals surface area contributed by atoms with Crippen LogP contribution in [0.15, 0.2) is 42.5 Å². The number of hydrogen-bond donors (Lipinski definition) is 2. The van der Waals surface area contributed by atoms with Crippen molar-refractivity contribution in [3.63, 3.8) is 0 Å². The van der Waals surface area contributed by atoms with Gasteiger partial charge in [-0.25, -0.2) is 0 Å². The fraction of sp³-hybridized carbons (Fsp3) is 0.222. The van der Waals surface area contributed by atoms with Gasteiger partial charge in [-0.05, 0) is 43.2 Å². The van der Waals surface area contributed by atoms with Crippen molar-refractivity contribution in [1.82, 2.24) is 0 Å². The maximum atomic E-state index is 12.5. The molecule has 0 radical (unpaired) electrons. The predicted molar refractivity (Wildman–Crippen MR) is 89.2 cm³/mol. The van der Waals surface area contributed by atoms with Crippen molar-refractivity contribution in [2.24, 2.45) is 0 Å². The van der Waals surface area contributed by atoms with Crippen LogP contribution in [0, 0.1) is 13.8 Å². The van der Waals surface area contributed by atoms with Gasteiger partial charge in [-0.3, -0.25) is 9.59 Å². The summed E-state index contributed by atoms with van der Waals surface area (Å²) in [5.41, 5.74) is 3.90. The Balaban J connectivity index is 2.26. The van der Waals surface area contributed by atoms with Crippen molar-refractivity contribution in [3.8, 4) is 0 Å². The molecule has 0 saturated heterocycles. The highest BCUT2D eigenvalue weighted by Crippen LogP contribution is 2.21. The minimum absolute atomic E-state index is 0.119. The van der Waals surface area contributed by atoms with E-state index in [4.69, 9.17) is 0 Å². The average molecular weight is 296 g/mol. The predicted octanol–water partition coefficient (Wildman–Crippen LogP) is 3.90. The fourth-order valence-electron chi connectivity index (χ4n) is 2.10. The van der Waals surface area contributed by atoms with E-state index in [1.165, 1.54) is 0 Å². The van der Waals surface area contributed by atoms with Gasteiger partial charge in [-0.2, -0.15) is 0 Å². The minimum atomic E-state index is -0.235. The first-order valence-electron chi connectivity index (χ1n) is 7.29. The Morgan fingerprint density at radius 2 is 1.59 bits per heavy atom. The lowest BCUT2D eigenvalue weighted by atomic mass is 10.1. The van der Waals surface area contributed by atoms with Gasteiger partial charge in [-0.15, -0.1) is 0 Å². The van der Waals surface area contributed by atoms with Gasteiger partial charge in [0.15, 0.2) is 0 Å². The van der Waals surface area contributed by atoms with Crippen molar-refractivity contribution < 1.29 is 9.59 Å². The Morgan fingerprint density at radius 1 is 0.909 bits per heavy atom. The zero-order chi connectivity index (χ0) is 16.1. The molecule has 0 saturated carbocycles. The molecule has 0 aliphatic heterocycles. The first-order valence-corrected chi connectivity index (χ1v) is 7.29. The van der Waals surface area contributed by atoms with Gasteiger partial charge >= 0.3 is 0 Å². The Kier molecular flexibility index (Phi) is 4.94. The summed E-state index contributed by atoms with van der Waals surface area (Å²) in [6.07, 6.45) is 0.368. The molecule has 22 heavy (non-hydrogen) atoms. The van der Waals surface area contributed by atoms with Crippen molar-refractivity contribution in [2.75, 3.05) is 10.6 Å². The zero-order valence-electron chi connectivity index (χ0n) is 13.1. The molecule has 0 heterocycles. The van der Waals surface area contributed by atoms with E-state index in [1.807, 2.05) is 32.0 Å². The van der Waals surface area contributed by atoms with Crippen LogP contribution >= 0.6 is 0 Å². The maximum absolute atomic E-state index is 12.5. The Labute approximate surface area is 130 Å². The van der Waals surface area contributed by atoms with E-state index in [-0.39, 0.29) is 11.8 Å². The highest BCUT2D eigenvalue weighted by atomic mass is 16.2. The summed E-state index contributed by atoms with van der Waals surface area (Å²) in [6, 6.07) is 12.8. The highest BCUT2D eigenvalue weighted by Gasteiger charge is 2.13. The molecule has 4 nitrogen and oxygen atoms in total. The van der Waals surface area contributed by atoms with E-state index in [2.05, 4.69) is 10.6 Å². The number of hydrogen-bond acceptors (Lipinski definition) is 2. The van der Waals surface area contributed by atoms with Crippen LogP contribution in [0.25, 0.3) is 0 Å². The lowest BCUT2D eigenvalue weighted by Gasteiger charge is -2.13. The molecule has 2 N–H and O–H groups in total. The maximum Gasteiger partial charge on any atom is 0.257 e. The zero-order valence-corrected chi connectivity index (χ0v) is 13.1. The molecular weight excluding hydrogens is 276 g/mol. The molecule has 0 spiro atoms. The fourth-order valence-corrected chi connectivity index (χ4v) is 2.10. The van der Waals surface area contributed by atoms with E-state index in [1.54, 1.807) is 31.2 Å². The molecule has 0 aliphatic carbocycles. The van der Waals surface area contributed by atoms with Gasteiger partial charge in [-0.1, -0.05) is 31.2 Å². The number of nitrogens with one attached hydrogen (secondary N) is 2. The summed E-state index contributed by atoms with van der Waals surface area (Å²) in [7, 11) is 0. The van der Waals surface area contributed by atoms with E-state index in [0.29, 0.717) is 17.7 Å². The van der Waals surface area contributed by atoms with Crippen LogP contribution in [0.5, 0.6) is 0 Å². The summed E-state index contributed by atoms with van der Waals surface area (Å²) >= 11 is 0. The monoisotopic (exact) mass is 296 g/mol. The molecule has 0 fully saturated rings. The van der Waals surface area contributed by atoms with Crippen LogP contribution < -0.4 is 10.6 Å². The van der Waals surface area contributed by atoms with Crippen LogP contribution in [0.2, 0.25) is 0 Å². The smallest absolute Gasteiger partial charge is 0.257 e. The van der Waals surface area contributed by atoms with Gasteiger partial charge in [0.2, 0.25) is 5.91 Å². The summed E-state index contributed by atoms with van der Waals surface area (Å²) in [5, 5.41) is 5.66. The lowest BCUT2D eigenvalue weighted by molar-refractivity contribution is -0.115. The van der Waals surface area contributed by atoms with Gasteiger partial charge in [0.05, 0.1) is 11.3 Å². The number of para-hydroxylation sites is 1. The molecule has 2 aromatic carbocycles. The van der Waals surface area contributed by atoms with E-state index in [0.717, 1.165) is 16.8 Å². The number of anilines is 2. The van der Waals surface area contributed by atoms with Gasteiger partial charge in [0.1, 0.15) is 0 Å². The standard InChI is InChI=1S/C18H20N2O2/c1-4-17(21)19-16-10-6-5-9-14(16)18(22)20-15-11-7-8-12(2)13(15)3/h5-11H,4H2,1-3H3,(H,19,21)(H,20,22). The number of rotatable bonds is 4. The summed E-state index contributed by atoms with van der Waals surface area (Å²) in [6.45, 7) is 5.74. The molecule has 2 rings (SSSR count). The number of benzene rings is 2. The van der Waals surface area contributed by atoms with Gasteiger partial charge in [0, 0.05) is 12.1 Å². The second-order valence-electron chi connectivity index (χ2n) is 5.15. The molecule has 0 atom stereocenters. The lowest BCUT2D eigenvalue weighted by Crippen LogP contribution is -2.18. The molecular formula is C18H20N2O2. The third-order valence-corrected chi connectivity index (χ3v) is 3.62. The Morgan fingerprint density at radius 3 is 2.32 bits per heavy atom. The van der Waals surface area contributed by atoms with Crippen LogP contribution in [0.4, 0.5) is 11.4 Å². The van der Waals surface area contributed by atoms with Crippen molar-refractivity contribution in [3.05, 3.63) is 59.2 Å². The second kappa shape index (κ2) is 6.89. The van der Waals surface area contributed by atoms with Crippen molar-refractivity contribution in [1.29, 1.82) is 0 Å². The van der Waals surface area contributed by atoms with Crippen LogP contribution in [0.3, 0.4) is 0 Å². The normalized spacial score (nSPS) is 10.1. The van der Waals surface area contributed by atoms with E-state index in [9.17, 15) is 9.59 Å². The van der Waals surface area contributed by atoms with Crippen LogP contribution in [-0.2, 0) is 4.79 Å². The summed E-state index contributed by atoms with van der Waals surface area (Å²) < 4.78 is 0. The first kappa shape index (κ1) is 15.8. The third-order valence-electron chi connectivity index (χ3n) is 3.62. The first-order chi connectivity index (χ1) is 10.5. The molecule has 0 aliphatic rings. The number of amides is 2. The summed E-state index contributed by atoms with van der Waals surface area (Å²) in [5.74, 6) is -0.354. The number of carbonyl (C=O) groups is 2. The average Bonchev–Trinajstić information content (AvgIpc) is 2.52. The number of aryl methyl sites for hydroxylation is 1. The van der Waals surface area contributed by atoms with Crippen molar-refractivity contribution >= 4 is 23.2 Å². The second-order valence-corrected chi connectivity index (χ2v) is 5.15. The van der Waals surface area contributed by atoms with Gasteiger partial charge < -0.3 is 10.6 Å². The van der Waals surface area contributed by atoms with E-state index >= 15 is 0 Å². The molecule has 0 unspecified atom stereocenters. The van der Waals surface area contributed by atoms with Crippen molar-refractivity contribution in [2.45, 2.75) is 27.2 Å². The molecule has 2 amide bonds. The topological polar surface area (TPSA) is 58.2 Å². The quantitative estimate of drug-likeness (QED) is 0.899. The molecule has 0 aromatic heterocycles. The van der Waals surface area contributed by atoms with Crippen LogP contribution in [0.1, 0.15) is 34.8 Å². The summed E-state index contributed by atoms with van der Waals surface area (Å²) in [4.78, 5) is 24.1. The number of carbonyl (C=O) groups excluding carboxylic acids is 2. The Hall–Kier alpha value is -2.62. The minimum Gasteiger partial charge on any atom is -0.325 e. The molecule has 2 aromatic rings. The SMILES string of the molecule is CCC(=O)Nc1ccccc1C(=O)Nc1cccc(C)c1C. The van der Waals surface area contributed by atoms with E-state index < -0.39 is 0 Å². The molecule has 114 valence electrons. The van der Waals surface area contributed by atoms with Gasteiger partial charge in [0.25, 0.3) is 5.91 Å². The molecule has 4 heteroatoms. The Bertz CT molecular complexity index is 708. The largest absolute Gasteiger partial charge is 0.325 e.